The van der Waals surface area contributed by atoms with Gasteiger partial charge in [0.1, 0.15) is 0 Å². The summed E-state index contributed by atoms with van der Waals surface area (Å²) >= 11 is 0. The zero-order valence-corrected chi connectivity index (χ0v) is 5.81. The molecule has 0 bridgehead atoms. The third-order valence-corrected chi connectivity index (χ3v) is 1.35. The van der Waals surface area contributed by atoms with Crippen LogP contribution in [0.25, 0.3) is 0 Å². The van der Waals surface area contributed by atoms with Gasteiger partial charge in [-0.1, -0.05) is 0 Å². The molecule has 0 aliphatic carbocycles. The first-order valence-corrected chi connectivity index (χ1v) is 2.82. The van der Waals surface area contributed by atoms with Crippen molar-refractivity contribution in [3.05, 3.63) is 0 Å². The molecule has 0 amide bonds. The maximum atomic E-state index is 5.37. The second-order valence-corrected chi connectivity index (χ2v) is 1.92. The van der Waals surface area contributed by atoms with Crippen molar-refractivity contribution in [2.45, 2.75) is 13.0 Å². The first-order chi connectivity index (χ1) is 3.72. The molecule has 1 atom stereocenters. The van der Waals surface area contributed by atoms with Crippen LogP contribution in [-0.2, 0) is 0 Å². The Morgan fingerprint density at radius 3 is 2.38 bits per heavy atom. The Bertz CT molecular complexity index is 47.6. The zero-order valence-electron chi connectivity index (χ0n) is 5.81. The van der Waals surface area contributed by atoms with E-state index in [2.05, 4.69) is 12.3 Å². The molecule has 50 valence electrons. The minimum Gasteiger partial charge on any atom is -0.329 e. The molecule has 0 heterocycles. The quantitative estimate of drug-likeness (QED) is 0.485. The molecule has 0 aliphatic heterocycles. The molecular weight excluding hydrogens is 102 g/mol. The summed E-state index contributed by atoms with van der Waals surface area (Å²) < 4.78 is 0. The summed E-state index contributed by atoms with van der Waals surface area (Å²) in [5.74, 6) is 0. The number of nitrogens with two attached hydrogens (primary N) is 1. The van der Waals surface area contributed by atoms with E-state index >= 15 is 0 Å². The predicted octanol–water partition coefficient (Wildman–Crippen LogP) is -0.600. The molecule has 3 nitrogen and oxygen atoms in total. The standard InChI is InChI=1S/C5H15N3/c1-5(4-6)8(3)7-2/h5,7H,4,6H2,1-3H3. The molecule has 3 heteroatoms. The number of likely N-dealkylation sites (N-methyl/N-ethyl adjacent to an activating group) is 1. The second-order valence-electron chi connectivity index (χ2n) is 1.92. The van der Waals surface area contributed by atoms with Crippen molar-refractivity contribution in [1.29, 1.82) is 0 Å². The topological polar surface area (TPSA) is 41.3 Å². The van der Waals surface area contributed by atoms with E-state index in [0.717, 1.165) is 0 Å². The lowest BCUT2D eigenvalue weighted by Gasteiger charge is -2.21. The van der Waals surface area contributed by atoms with Gasteiger partial charge in [0, 0.05) is 19.6 Å². The lowest BCUT2D eigenvalue weighted by Crippen LogP contribution is -2.42. The van der Waals surface area contributed by atoms with Crippen LogP contribution in [0.1, 0.15) is 6.92 Å². The van der Waals surface area contributed by atoms with Gasteiger partial charge in [0.05, 0.1) is 0 Å². The number of nitrogens with zero attached hydrogens (tertiary/aromatic N) is 1. The van der Waals surface area contributed by atoms with Gasteiger partial charge in [-0.05, 0) is 14.0 Å². The van der Waals surface area contributed by atoms with Crippen LogP contribution in [0, 0.1) is 0 Å². The molecule has 0 saturated heterocycles. The van der Waals surface area contributed by atoms with Crippen LogP contribution in [-0.4, -0.2) is 31.7 Å². The Kier molecular flexibility index (Phi) is 3.77. The highest BCUT2D eigenvalue weighted by Crippen LogP contribution is 1.84. The van der Waals surface area contributed by atoms with E-state index in [1.54, 1.807) is 0 Å². The molecule has 0 saturated carbocycles. The average molecular weight is 117 g/mol. The fraction of sp³-hybridized carbons (Fsp3) is 1.00. The maximum absolute atomic E-state index is 5.37. The SMILES string of the molecule is CNN(C)C(C)CN. The Morgan fingerprint density at radius 1 is 1.75 bits per heavy atom. The maximum Gasteiger partial charge on any atom is 0.0334 e. The molecule has 0 spiro atoms. The number of hydrogen-bond donors (Lipinski definition) is 2. The van der Waals surface area contributed by atoms with Crippen molar-refractivity contribution in [3.8, 4) is 0 Å². The molecule has 8 heavy (non-hydrogen) atoms. The van der Waals surface area contributed by atoms with Crippen LogP contribution in [0.3, 0.4) is 0 Å². The lowest BCUT2D eigenvalue weighted by molar-refractivity contribution is 0.199. The van der Waals surface area contributed by atoms with Crippen LogP contribution >= 0.6 is 0 Å². The minimum atomic E-state index is 0.417. The number of hydrazine groups is 1. The predicted molar refractivity (Wildman–Crippen MR) is 35.3 cm³/mol. The number of hydrogen-bond acceptors (Lipinski definition) is 3. The Morgan fingerprint density at radius 2 is 2.25 bits per heavy atom. The van der Waals surface area contributed by atoms with E-state index in [9.17, 15) is 0 Å². The minimum absolute atomic E-state index is 0.417. The zero-order chi connectivity index (χ0) is 6.57. The van der Waals surface area contributed by atoms with Gasteiger partial charge in [-0.3, -0.25) is 5.43 Å². The van der Waals surface area contributed by atoms with Crippen molar-refractivity contribution in [3.63, 3.8) is 0 Å². The van der Waals surface area contributed by atoms with Gasteiger partial charge in [-0.15, -0.1) is 0 Å². The van der Waals surface area contributed by atoms with E-state index in [-0.39, 0.29) is 0 Å². The number of nitrogens with one attached hydrogen (secondary N) is 1. The van der Waals surface area contributed by atoms with Gasteiger partial charge in [0.25, 0.3) is 0 Å². The highest BCUT2D eigenvalue weighted by Gasteiger charge is 2.01. The molecule has 0 fully saturated rings. The normalized spacial score (nSPS) is 14.6. The second kappa shape index (κ2) is 3.83. The van der Waals surface area contributed by atoms with E-state index in [1.807, 2.05) is 19.1 Å². The third kappa shape index (κ3) is 2.26. The van der Waals surface area contributed by atoms with E-state index in [4.69, 9.17) is 5.73 Å². The van der Waals surface area contributed by atoms with Crippen LogP contribution in [0.15, 0.2) is 0 Å². The first kappa shape index (κ1) is 7.88. The molecular formula is C5H15N3. The average Bonchev–Trinajstić information content (AvgIpc) is 1.84. The van der Waals surface area contributed by atoms with Crippen LogP contribution in [0.5, 0.6) is 0 Å². The molecule has 0 rings (SSSR count). The van der Waals surface area contributed by atoms with Crippen LogP contribution in [0.2, 0.25) is 0 Å². The van der Waals surface area contributed by atoms with Crippen molar-refractivity contribution >= 4 is 0 Å². The van der Waals surface area contributed by atoms with Crippen LogP contribution in [0.4, 0.5) is 0 Å². The van der Waals surface area contributed by atoms with Crippen molar-refractivity contribution < 1.29 is 0 Å². The van der Waals surface area contributed by atoms with Crippen LogP contribution < -0.4 is 11.2 Å². The molecule has 0 aromatic heterocycles. The summed E-state index contributed by atoms with van der Waals surface area (Å²) in [5, 5.41) is 1.97. The molecule has 0 aromatic carbocycles. The summed E-state index contributed by atoms with van der Waals surface area (Å²) in [6, 6.07) is 0.417. The highest BCUT2D eigenvalue weighted by atomic mass is 15.5. The first-order valence-electron chi connectivity index (χ1n) is 2.82. The molecule has 0 aromatic rings. The fourth-order valence-electron chi connectivity index (χ4n) is 0.379. The Hall–Kier alpha value is -0.120. The number of rotatable bonds is 3. The summed E-state index contributed by atoms with van der Waals surface area (Å²) in [7, 11) is 3.85. The Labute approximate surface area is 50.8 Å². The van der Waals surface area contributed by atoms with Gasteiger partial charge in [0.2, 0.25) is 0 Å². The monoisotopic (exact) mass is 117 g/mol. The molecule has 1 unspecified atom stereocenters. The molecule has 0 radical (unpaired) electrons. The van der Waals surface area contributed by atoms with Crippen molar-refractivity contribution in [2.24, 2.45) is 5.73 Å². The van der Waals surface area contributed by atoms with Gasteiger partial charge in [-0.2, -0.15) is 0 Å². The summed E-state index contributed by atoms with van der Waals surface area (Å²) in [5.41, 5.74) is 8.34. The highest BCUT2D eigenvalue weighted by molar-refractivity contribution is 4.56. The summed E-state index contributed by atoms with van der Waals surface area (Å²) in [6.07, 6.45) is 0. The summed E-state index contributed by atoms with van der Waals surface area (Å²) in [4.78, 5) is 0. The molecule has 3 N–H and O–H groups in total. The van der Waals surface area contributed by atoms with E-state index in [1.165, 1.54) is 0 Å². The van der Waals surface area contributed by atoms with Gasteiger partial charge in [0.15, 0.2) is 0 Å². The smallest absolute Gasteiger partial charge is 0.0334 e. The van der Waals surface area contributed by atoms with Crippen molar-refractivity contribution in [2.75, 3.05) is 20.6 Å². The van der Waals surface area contributed by atoms with E-state index in [0.29, 0.717) is 12.6 Å². The van der Waals surface area contributed by atoms with Gasteiger partial charge < -0.3 is 5.73 Å². The fourth-order valence-corrected chi connectivity index (χ4v) is 0.379. The van der Waals surface area contributed by atoms with Gasteiger partial charge >= 0.3 is 0 Å². The third-order valence-electron chi connectivity index (χ3n) is 1.35. The largest absolute Gasteiger partial charge is 0.329 e. The van der Waals surface area contributed by atoms with Crippen molar-refractivity contribution in [1.82, 2.24) is 10.4 Å². The van der Waals surface area contributed by atoms with Gasteiger partial charge in [-0.25, -0.2) is 5.01 Å². The molecule has 0 aliphatic rings. The lowest BCUT2D eigenvalue weighted by atomic mass is 10.3. The Balaban J connectivity index is 3.29. The van der Waals surface area contributed by atoms with E-state index < -0.39 is 0 Å². The summed E-state index contributed by atoms with van der Waals surface area (Å²) in [6.45, 7) is 2.76.